The summed E-state index contributed by atoms with van der Waals surface area (Å²) < 4.78 is 63.5. The highest BCUT2D eigenvalue weighted by atomic mass is 32.2. The summed E-state index contributed by atoms with van der Waals surface area (Å²) in [5.74, 6) is 0. The van der Waals surface area contributed by atoms with E-state index in [1.807, 2.05) is 4.72 Å². The molecule has 0 spiro atoms. The molecule has 0 radical (unpaired) electrons. The molecule has 2 N–H and O–H groups in total. The first-order valence-corrected chi connectivity index (χ1v) is 7.06. The standard InChI is InChI=1S/C12H9F3N2O3S/c13-12(14,15)8-2-1-3-9(6-8)17-21(19,20)11-7-16-5-4-10(11)18/h1-7,17H,(H,16,18). The molecule has 1 aromatic carbocycles. The maximum absolute atomic E-state index is 12.6. The second kappa shape index (κ2) is 5.24. The molecular formula is C12H9F3N2O3S. The van der Waals surface area contributed by atoms with Crippen LogP contribution < -0.4 is 10.2 Å². The summed E-state index contributed by atoms with van der Waals surface area (Å²) in [5.41, 5.74) is -2.05. The van der Waals surface area contributed by atoms with Crippen LogP contribution >= 0.6 is 0 Å². The summed E-state index contributed by atoms with van der Waals surface area (Å²) >= 11 is 0. The zero-order valence-electron chi connectivity index (χ0n) is 10.3. The fraction of sp³-hybridized carbons (Fsp3) is 0.0833. The Labute approximate surface area is 117 Å². The Balaban J connectivity index is 2.39. The first kappa shape index (κ1) is 15.1. The van der Waals surface area contributed by atoms with Crippen molar-refractivity contribution in [2.45, 2.75) is 11.1 Å². The number of alkyl halides is 3. The molecule has 0 fully saturated rings. The highest BCUT2D eigenvalue weighted by Gasteiger charge is 2.30. The zero-order chi connectivity index (χ0) is 15.7. The van der Waals surface area contributed by atoms with Gasteiger partial charge in [0, 0.05) is 24.1 Å². The minimum atomic E-state index is -4.59. The van der Waals surface area contributed by atoms with Crippen LogP contribution in [0.3, 0.4) is 0 Å². The SMILES string of the molecule is O=c1cc[nH]cc1S(=O)(=O)Nc1cccc(C(F)(F)F)c1. The van der Waals surface area contributed by atoms with Crippen LogP contribution in [0.15, 0.2) is 52.4 Å². The maximum Gasteiger partial charge on any atom is 0.416 e. The first-order chi connectivity index (χ1) is 9.70. The van der Waals surface area contributed by atoms with Gasteiger partial charge >= 0.3 is 6.18 Å². The molecule has 0 saturated heterocycles. The van der Waals surface area contributed by atoms with Crippen LogP contribution in [0.2, 0.25) is 0 Å². The lowest BCUT2D eigenvalue weighted by Crippen LogP contribution is -2.21. The van der Waals surface area contributed by atoms with Crippen LogP contribution in [0.1, 0.15) is 5.56 Å². The number of H-pyrrole nitrogens is 1. The van der Waals surface area contributed by atoms with Crippen molar-refractivity contribution in [2.75, 3.05) is 4.72 Å². The van der Waals surface area contributed by atoms with Crippen LogP contribution in [-0.4, -0.2) is 13.4 Å². The van der Waals surface area contributed by atoms with E-state index in [1.165, 1.54) is 6.20 Å². The highest BCUT2D eigenvalue weighted by molar-refractivity contribution is 7.92. The smallest absolute Gasteiger partial charge is 0.366 e. The van der Waals surface area contributed by atoms with Crippen molar-refractivity contribution in [3.8, 4) is 0 Å². The van der Waals surface area contributed by atoms with E-state index >= 15 is 0 Å². The Morgan fingerprint density at radius 3 is 2.48 bits per heavy atom. The summed E-state index contributed by atoms with van der Waals surface area (Å²) in [4.78, 5) is 13.3. The Morgan fingerprint density at radius 1 is 1.14 bits per heavy atom. The van der Waals surface area contributed by atoms with Crippen LogP contribution in [0.4, 0.5) is 18.9 Å². The van der Waals surface area contributed by atoms with E-state index in [1.54, 1.807) is 0 Å². The van der Waals surface area contributed by atoms with Gasteiger partial charge in [0.25, 0.3) is 10.0 Å². The van der Waals surface area contributed by atoms with Crippen molar-refractivity contribution in [3.05, 3.63) is 58.5 Å². The molecule has 0 aliphatic heterocycles. The summed E-state index contributed by atoms with van der Waals surface area (Å²) in [6.07, 6.45) is -2.39. The Kier molecular flexibility index (Phi) is 3.77. The second-order valence-electron chi connectivity index (χ2n) is 4.06. The molecule has 0 bridgehead atoms. The molecule has 0 aliphatic rings. The number of benzene rings is 1. The molecule has 2 aromatic rings. The van der Waals surface area contributed by atoms with E-state index < -0.39 is 32.1 Å². The molecule has 0 atom stereocenters. The molecule has 0 saturated carbocycles. The Morgan fingerprint density at radius 2 is 1.86 bits per heavy atom. The number of aromatic nitrogens is 1. The monoisotopic (exact) mass is 318 g/mol. The van der Waals surface area contributed by atoms with Gasteiger partial charge in [-0.05, 0) is 18.2 Å². The topological polar surface area (TPSA) is 79.0 Å². The van der Waals surface area contributed by atoms with Gasteiger partial charge in [0.1, 0.15) is 0 Å². The normalized spacial score (nSPS) is 12.1. The third-order valence-electron chi connectivity index (χ3n) is 2.52. The van der Waals surface area contributed by atoms with Gasteiger partial charge in [-0.15, -0.1) is 0 Å². The largest absolute Gasteiger partial charge is 0.416 e. The molecule has 0 amide bonds. The fourth-order valence-corrected chi connectivity index (χ4v) is 2.68. The van der Waals surface area contributed by atoms with Gasteiger partial charge in [0.2, 0.25) is 5.43 Å². The molecular weight excluding hydrogens is 309 g/mol. The number of hydrogen-bond acceptors (Lipinski definition) is 3. The first-order valence-electron chi connectivity index (χ1n) is 5.57. The molecule has 5 nitrogen and oxygen atoms in total. The third kappa shape index (κ3) is 3.43. The quantitative estimate of drug-likeness (QED) is 0.910. The minimum absolute atomic E-state index is 0.284. The van der Waals surface area contributed by atoms with Crippen LogP contribution in [0.5, 0.6) is 0 Å². The molecule has 1 aromatic heterocycles. The van der Waals surface area contributed by atoms with Crippen LogP contribution in [0, 0.1) is 0 Å². The number of aromatic amines is 1. The zero-order valence-corrected chi connectivity index (χ0v) is 11.1. The van der Waals surface area contributed by atoms with E-state index in [0.29, 0.717) is 6.07 Å². The molecule has 2 rings (SSSR count). The number of anilines is 1. The van der Waals surface area contributed by atoms with Gasteiger partial charge in [-0.2, -0.15) is 13.2 Å². The lowest BCUT2D eigenvalue weighted by atomic mass is 10.2. The predicted octanol–water partition coefficient (Wildman–Crippen LogP) is 2.19. The molecule has 112 valence electrons. The molecule has 0 unspecified atom stereocenters. The van der Waals surface area contributed by atoms with Crippen molar-refractivity contribution >= 4 is 15.7 Å². The Bertz CT molecular complexity index is 813. The van der Waals surface area contributed by atoms with Gasteiger partial charge in [-0.25, -0.2) is 8.42 Å². The average Bonchev–Trinajstić information content (AvgIpc) is 2.37. The van der Waals surface area contributed by atoms with Crippen molar-refractivity contribution in [3.63, 3.8) is 0 Å². The van der Waals surface area contributed by atoms with Gasteiger partial charge in [-0.1, -0.05) is 6.07 Å². The number of hydrogen-bond donors (Lipinski definition) is 2. The summed E-state index contributed by atoms with van der Waals surface area (Å²) in [5, 5.41) is 0. The van der Waals surface area contributed by atoms with Crippen molar-refractivity contribution in [2.24, 2.45) is 0 Å². The van der Waals surface area contributed by atoms with E-state index in [-0.39, 0.29) is 5.69 Å². The van der Waals surface area contributed by atoms with Gasteiger partial charge in [-0.3, -0.25) is 9.52 Å². The van der Waals surface area contributed by atoms with Crippen molar-refractivity contribution < 1.29 is 21.6 Å². The number of rotatable bonds is 3. The summed E-state index contributed by atoms with van der Waals surface area (Å²) in [6.45, 7) is 0. The molecule has 1 heterocycles. The lowest BCUT2D eigenvalue weighted by molar-refractivity contribution is -0.137. The minimum Gasteiger partial charge on any atom is -0.366 e. The number of nitrogens with one attached hydrogen (secondary N) is 2. The lowest BCUT2D eigenvalue weighted by Gasteiger charge is -2.10. The van der Waals surface area contributed by atoms with Gasteiger partial charge in [0.05, 0.1) is 5.56 Å². The van der Waals surface area contributed by atoms with E-state index in [0.717, 1.165) is 30.5 Å². The number of halogens is 3. The number of pyridine rings is 1. The predicted molar refractivity (Wildman–Crippen MR) is 69.3 cm³/mol. The van der Waals surface area contributed by atoms with Crippen LogP contribution in [0.25, 0.3) is 0 Å². The number of sulfonamides is 1. The summed E-state index contributed by atoms with van der Waals surface area (Å²) in [6, 6.07) is 4.68. The van der Waals surface area contributed by atoms with Gasteiger partial charge < -0.3 is 4.98 Å². The van der Waals surface area contributed by atoms with E-state index in [9.17, 15) is 26.4 Å². The van der Waals surface area contributed by atoms with E-state index in [2.05, 4.69) is 4.98 Å². The second-order valence-corrected chi connectivity index (χ2v) is 5.71. The highest BCUT2D eigenvalue weighted by Crippen LogP contribution is 2.31. The third-order valence-corrected chi connectivity index (χ3v) is 3.92. The van der Waals surface area contributed by atoms with Crippen molar-refractivity contribution in [1.29, 1.82) is 0 Å². The molecule has 9 heteroatoms. The summed E-state index contributed by atoms with van der Waals surface area (Å²) in [7, 11) is -4.27. The fourth-order valence-electron chi connectivity index (χ4n) is 1.58. The van der Waals surface area contributed by atoms with Crippen LogP contribution in [-0.2, 0) is 16.2 Å². The van der Waals surface area contributed by atoms with E-state index in [4.69, 9.17) is 0 Å². The van der Waals surface area contributed by atoms with Crippen molar-refractivity contribution in [1.82, 2.24) is 4.98 Å². The Hall–Kier alpha value is -2.29. The molecule has 0 aliphatic carbocycles. The van der Waals surface area contributed by atoms with Gasteiger partial charge in [0.15, 0.2) is 4.90 Å². The maximum atomic E-state index is 12.6. The average molecular weight is 318 g/mol. The molecule has 21 heavy (non-hydrogen) atoms.